The largest absolute Gasteiger partial charge is 0.493 e. The van der Waals surface area contributed by atoms with Gasteiger partial charge in [0.15, 0.2) is 17.3 Å². The molecule has 1 saturated heterocycles. The number of methoxy groups -OCH3 is 2. The third-order valence-electron chi connectivity index (χ3n) is 4.89. The average molecular weight is 368 g/mol. The maximum atomic E-state index is 12.9. The number of aromatic nitrogens is 1. The quantitative estimate of drug-likeness (QED) is 0.734. The third kappa shape index (κ3) is 4.45. The zero-order valence-corrected chi connectivity index (χ0v) is 15.7. The lowest BCUT2D eigenvalue weighted by atomic mass is 9.89. The first-order valence-electron chi connectivity index (χ1n) is 9.05. The second-order valence-corrected chi connectivity index (χ2v) is 6.65. The monoisotopic (exact) mass is 368 g/mol. The lowest BCUT2D eigenvalue weighted by Crippen LogP contribution is -2.43. The van der Waals surface area contributed by atoms with Gasteiger partial charge in [0.1, 0.15) is 0 Å². The maximum Gasteiger partial charge on any atom is 0.227 e. The normalized spacial score (nSPS) is 16.7. The number of benzene rings is 1. The number of rotatable bonds is 6. The molecule has 1 aliphatic rings. The van der Waals surface area contributed by atoms with Gasteiger partial charge in [-0.1, -0.05) is 6.07 Å². The van der Waals surface area contributed by atoms with Gasteiger partial charge in [-0.25, -0.2) is 0 Å². The van der Waals surface area contributed by atoms with Gasteiger partial charge < -0.3 is 14.4 Å². The lowest BCUT2D eigenvalue weighted by Gasteiger charge is -2.32. The van der Waals surface area contributed by atoms with Crippen molar-refractivity contribution >= 4 is 11.7 Å². The summed E-state index contributed by atoms with van der Waals surface area (Å²) in [5.74, 6) is 0.993. The van der Waals surface area contributed by atoms with E-state index >= 15 is 0 Å². The first kappa shape index (κ1) is 18.9. The molecule has 0 aliphatic carbocycles. The summed E-state index contributed by atoms with van der Waals surface area (Å²) in [6.45, 7) is 1.14. The summed E-state index contributed by atoms with van der Waals surface area (Å²) in [6, 6.07) is 8.90. The summed E-state index contributed by atoms with van der Waals surface area (Å²) < 4.78 is 10.5. The van der Waals surface area contributed by atoms with Crippen molar-refractivity contribution in [1.82, 2.24) is 9.88 Å². The number of pyridine rings is 1. The molecule has 6 nitrogen and oxygen atoms in total. The molecule has 0 saturated carbocycles. The van der Waals surface area contributed by atoms with E-state index in [1.165, 1.54) is 0 Å². The molecule has 0 N–H and O–H groups in total. The molecule has 2 aromatic rings. The van der Waals surface area contributed by atoms with Gasteiger partial charge in [0.2, 0.25) is 5.91 Å². The van der Waals surface area contributed by atoms with Crippen LogP contribution in [0.15, 0.2) is 42.7 Å². The van der Waals surface area contributed by atoms with Crippen LogP contribution in [-0.2, 0) is 11.2 Å². The Morgan fingerprint density at radius 3 is 2.70 bits per heavy atom. The van der Waals surface area contributed by atoms with Crippen LogP contribution in [0.1, 0.15) is 28.8 Å². The van der Waals surface area contributed by atoms with Crippen molar-refractivity contribution in [1.29, 1.82) is 0 Å². The molecular formula is C21H24N2O4. The van der Waals surface area contributed by atoms with Crippen LogP contribution in [0.3, 0.4) is 0 Å². The highest BCUT2D eigenvalue weighted by Gasteiger charge is 2.29. The Bertz CT molecular complexity index is 807. The number of likely N-dealkylation sites (tertiary alicyclic amines) is 1. The molecule has 1 amide bonds. The van der Waals surface area contributed by atoms with Crippen molar-refractivity contribution < 1.29 is 19.1 Å². The Labute approximate surface area is 159 Å². The Morgan fingerprint density at radius 2 is 2.00 bits per heavy atom. The minimum Gasteiger partial charge on any atom is -0.493 e. The van der Waals surface area contributed by atoms with E-state index in [4.69, 9.17) is 9.47 Å². The first-order valence-corrected chi connectivity index (χ1v) is 9.05. The molecule has 142 valence electrons. The first-order chi connectivity index (χ1) is 13.1. The standard InChI is InChI=1S/C21H24N2O4/c1-26-18-8-7-16(12-19(18)27-2)21(25)17-6-4-10-23(14-17)20(24)11-15-5-3-9-22-13-15/h3,5,7-9,12-13,17H,4,6,10-11,14H2,1-2H3/t17-/m1/s1. The fourth-order valence-electron chi connectivity index (χ4n) is 3.43. The number of ether oxygens (including phenoxy) is 2. The zero-order chi connectivity index (χ0) is 19.2. The van der Waals surface area contributed by atoms with Crippen LogP contribution < -0.4 is 9.47 Å². The van der Waals surface area contributed by atoms with Gasteiger partial charge in [0, 0.05) is 37.0 Å². The number of hydrogen-bond acceptors (Lipinski definition) is 5. The van der Waals surface area contributed by atoms with Crippen LogP contribution in [0.2, 0.25) is 0 Å². The summed E-state index contributed by atoms with van der Waals surface area (Å²) in [5, 5.41) is 0. The van der Waals surface area contributed by atoms with Gasteiger partial charge in [0.05, 0.1) is 20.6 Å². The van der Waals surface area contributed by atoms with E-state index in [1.54, 1.807) is 49.7 Å². The van der Waals surface area contributed by atoms with Gasteiger partial charge in [-0.3, -0.25) is 14.6 Å². The van der Waals surface area contributed by atoms with Crippen LogP contribution in [0.5, 0.6) is 11.5 Å². The number of Topliss-reactive ketones (excluding diaryl/α,β-unsaturated/α-hetero) is 1. The highest BCUT2D eigenvalue weighted by atomic mass is 16.5. The molecule has 0 unspecified atom stereocenters. The predicted octanol–water partition coefficient (Wildman–Crippen LogP) is 2.76. The van der Waals surface area contributed by atoms with Crippen LogP contribution in [-0.4, -0.2) is 48.9 Å². The second-order valence-electron chi connectivity index (χ2n) is 6.65. The molecule has 1 aromatic heterocycles. The second kappa shape index (κ2) is 8.66. The third-order valence-corrected chi connectivity index (χ3v) is 4.89. The van der Waals surface area contributed by atoms with Crippen molar-refractivity contribution in [2.24, 2.45) is 5.92 Å². The molecule has 0 radical (unpaired) electrons. The summed E-state index contributed by atoms with van der Waals surface area (Å²) in [6.07, 6.45) is 5.30. The predicted molar refractivity (Wildman–Crippen MR) is 101 cm³/mol. The Morgan fingerprint density at radius 1 is 1.19 bits per heavy atom. The van der Waals surface area contributed by atoms with Crippen molar-refractivity contribution in [3.8, 4) is 11.5 Å². The van der Waals surface area contributed by atoms with Crippen LogP contribution in [0.4, 0.5) is 0 Å². The minimum atomic E-state index is -0.199. The Kier molecular flexibility index (Phi) is 6.06. The van der Waals surface area contributed by atoms with Crippen molar-refractivity contribution in [3.63, 3.8) is 0 Å². The fraction of sp³-hybridized carbons (Fsp3) is 0.381. The van der Waals surface area contributed by atoms with E-state index in [0.717, 1.165) is 18.4 Å². The van der Waals surface area contributed by atoms with Gasteiger partial charge in [-0.05, 0) is 42.7 Å². The number of carbonyl (C=O) groups is 2. The van der Waals surface area contributed by atoms with E-state index in [0.29, 0.717) is 36.6 Å². The highest BCUT2D eigenvalue weighted by molar-refractivity contribution is 5.99. The van der Waals surface area contributed by atoms with Gasteiger partial charge in [-0.2, -0.15) is 0 Å². The van der Waals surface area contributed by atoms with E-state index in [1.807, 2.05) is 12.1 Å². The molecule has 1 fully saturated rings. The highest BCUT2D eigenvalue weighted by Crippen LogP contribution is 2.30. The maximum absolute atomic E-state index is 12.9. The van der Waals surface area contributed by atoms with E-state index in [2.05, 4.69) is 4.98 Å². The van der Waals surface area contributed by atoms with E-state index < -0.39 is 0 Å². The Hall–Kier alpha value is -2.89. The van der Waals surface area contributed by atoms with Crippen LogP contribution in [0.25, 0.3) is 0 Å². The molecule has 2 heterocycles. The lowest BCUT2D eigenvalue weighted by molar-refractivity contribution is -0.131. The molecule has 27 heavy (non-hydrogen) atoms. The number of amides is 1. The summed E-state index contributed by atoms with van der Waals surface area (Å²) >= 11 is 0. The Balaban J connectivity index is 1.68. The molecule has 1 aromatic carbocycles. The van der Waals surface area contributed by atoms with Gasteiger partial charge in [-0.15, -0.1) is 0 Å². The molecule has 0 spiro atoms. The summed E-state index contributed by atoms with van der Waals surface area (Å²) in [4.78, 5) is 31.4. The number of nitrogens with zero attached hydrogens (tertiary/aromatic N) is 2. The van der Waals surface area contributed by atoms with E-state index in [9.17, 15) is 9.59 Å². The SMILES string of the molecule is COc1ccc(C(=O)[C@@H]2CCCN(C(=O)Cc3cccnc3)C2)cc1OC. The molecule has 3 rings (SSSR count). The molecule has 0 bridgehead atoms. The average Bonchev–Trinajstić information content (AvgIpc) is 2.73. The molecule has 6 heteroatoms. The molecule has 1 atom stereocenters. The van der Waals surface area contributed by atoms with Crippen LogP contribution >= 0.6 is 0 Å². The topological polar surface area (TPSA) is 68.7 Å². The fourth-order valence-corrected chi connectivity index (χ4v) is 3.43. The summed E-state index contributed by atoms with van der Waals surface area (Å²) in [7, 11) is 3.11. The van der Waals surface area contributed by atoms with Crippen LogP contribution in [0, 0.1) is 5.92 Å². The van der Waals surface area contributed by atoms with Crippen molar-refractivity contribution in [2.45, 2.75) is 19.3 Å². The summed E-state index contributed by atoms with van der Waals surface area (Å²) in [5.41, 5.74) is 1.47. The van der Waals surface area contributed by atoms with Crippen molar-refractivity contribution in [3.05, 3.63) is 53.9 Å². The number of carbonyl (C=O) groups excluding carboxylic acids is 2. The van der Waals surface area contributed by atoms with Gasteiger partial charge >= 0.3 is 0 Å². The minimum absolute atomic E-state index is 0.0350. The number of piperidine rings is 1. The molecular weight excluding hydrogens is 344 g/mol. The van der Waals surface area contributed by atoms with Gasteiger partial charge in [0.25, 0.3) is 0 Å². The number of ketones is 1. The molecule has 1 aliphatic heterocycles. The number of hydrogen-bond donors (Lipinski definition) is 0. The van der Waals surface area contributed by atoms with E-state index in [-0.39, 0.29) is 17.6 Å². The smallest absolute Gasteiger partial charge is 0.227 e. The zero-order valence-electron chi connectivity index (χ0n) is 15.7. The van der Waals surface area contributed by atoms with Crippen molar-refractivity contribution in [2.75, 3.05) is 27.3 Å².